The van der Waals surface area contributed by atoms with Gasteiger partial charge < -0.3 is 4.74 Å². The van der Waals surface area contributed by atoms with Crippen LogP contribution in [0.25, 0.3) is 6.08 Å². The van der Waals surface area contributed by atoms with E-state index in [9.17, 15) is 20.2 Å². The number of nitriles is 1. The molecule has 0 bridgehead atoms. The molecule has 3 rings (SSSR count). The molecule has 0 saturated heterocycles. The minimum atomic E-state index is -0.565. The van der Waals surface area contributed by atoms with Gasteiger partial charge >= 0.3 is 0 Å². The molecule has 3 aromatic rings. The van der Waals surface area contributed by atoms with Crippen molar-refractivity contribution < 1.29 is 14.5 Å². The lowest BCUT2D eigenvalue weighted by atomic mass is 10.1. The van der Waals surface area contributed by atoms with Crippen molar-refractivity contribution in [3.05, 3.63) is 75.3 Å². The van der Waals surface area contributed by atoms with Gasteiger partial charge in [0.1, 0.15) is 24.0 Å². The lowest BCUT2D eigenvalue weighted by Crippen LogP contribution is -2.13. The van der Waals surface area contributed by atoms with E-state index >= 15 is 0 Å². The molecule has 0 fully saturated rings. The molecule has 0 atom stereocenters. The number of hydrogen-bond acceptors (Lipinski definition) is 9. The van der Waals surface area contributed by atoms with Gasteiger partial charge in [0.05, 0.1) is 4.92 Å². The molecule has 0 aliphatic carbocycles. The van der Waals surface area contributed by atoms with Crippen molar-refractivity contribution >= 4 is 46.1 Å². The van der Waals surface area contributed by atoms with Gasteiger partial charge in [0.25, 0.3) is 11.6 Å². The zero-order chi connectivity index (χ0) is 22.2. The van der Waals surface area contributed by atoms with Gasteiger partial charge in [0, 0.05) is 23.7 Å². The number of ether oxygens (including phenoxy) is 1. The van der Waals surface area contributed by atoms with Crippen LogP contribution in [0.2, 0.25) is 0 Å². The molecule has 1 heterocycles. The fourth-order valence-electron chi connectivity index (χ4n) is 2.36. The molecule has 0 saturated carbocycles. The molecular weight excluding hydrogens is 438 g/mol. The van der Waals surface area contributed by atoms with Crippen molar-refractivity contribution in [1.82, 2.24) is 9.36 Å². The van der Waals surface area contributed by atoms with E-state index in [1.807, 2.05) is 12.3 Å². The highest BCUT2D eigenvalue weighted by Gasteiger charge is 2.12. The molecule has 1 aromatic heterocycles. The van der Waals surface area contributed by atoms with Crippen LogP contribution in [0.15, 0.2) is 59.3 Å². The SMILES string of the molecule is CSc1nsc(NC(=O)C(C#N)=Cc2ccc(OCc3ccc([N+](=O)[O-])cc3)cc2)n1. The Hall–Kier alpha value is -3.75. The number of carbonyl (C=O) groups excluding carboxylic acids is 1. The summed E-state index contributed by atoms with van der Waals surface area (Å²) in [5.74, 6) is 0.0155. The van der Waals surface area contributed by atoms with Crippen LogP contribution in [-0.4, -0.2) is 26.4 Å². The molecular formula is C20H15N5O4S2. The molecule has 1 N–H and O–H groups in total. The number of aromatic nitrogens is 2. The second-order valence-electron chi connectivity index (χ2n) is 5.99. The Bertz CT molecular complexity index is 1150. The van der Waals surface area contributed by atoms with Crippen LogP contribution >= 0.6 is 23.3 Å². The standard InChI is InChI=1S/C20H15N5O4S2/c1-30-20-23-19(31-24-20)22-18(26)15(11-21)10-13-4-8-17(9-5-13)29-12-14-2-6-16(7-3-14)25(27)28/h2-10H,12H2,1H3,(H,22,23,24,26). The maximum atomic E-state index is 12.3. The van der Waals surface area contributed by atoms with Gasteiger partial charge in [-0.25, -0.2) is 0 Å². The van der Waals surface area contributed by atoms with Crippen molar-refractivity contribution in [1.29, 1.82) is 5.26 Å². The molecule has 11 heteroatoms. The number of amides is 1. The average molecular weight is 454 g/mol. The van der Waals surface area contributed by atoms with E-state index in [0.29, 0.717) is 21.6 Å². The quantitative estimate of drug-likeness (QED) is 0.176. The van der Waals surface area contributed by atoms with Crippen molar-refractivity contribution in [2.24, 2.45) is 0 Å². The molecule has 1 amide bonds. The Morgan fingerprint density at radius 3 is 2.58 bits per heavy atom. The summed E-state index contributed by atoms with van der Waals surface area (Å²) in [5, 5.41) is 23.4. The molecule has 0 aliphatic rings. The van der Waals surface area contributed by atoms with Crippen molar-refractivity contribution in [3.8, 4) is 11.8 Å². The van der Waals surface area contributed by atoms with Gasteiger partial charge in [0.2, 0.25) is 10.3 Å². The summed E-state index contributed by atoms with van der Waals surface area (Å²) < 4.78 is 9.72. The molecule has 2 aromatic carbocycles. The summed E-state index contributed by atoms with van der Waals surface area (Å²) in [6.45, 7) is 0.249. The van der Waals surface area contributed by atoms with Crippen LogP contribution in [0.3, 0.4) is 0 Å². The van der Waals surface area contributed by atoms with Gasteiger partial charge in [-0.2, -0.15) is 14.6 Å². The van der Waals surface area contributed by atoms with Crippen molar-refractivity contribution in [3.63, 3.8) is 0 Å². The second kappa shape index (κ2) is 10.3. The number of nitrogens with one attached hydrogen (secondary N) is 1. The zero-order valence-electron chi connectivity index (χ0n) is 16.1. The number of benzene rings is 2. The first-order chi connectivity index (χ1) is 15.0. The minimum Gasteiger partial charge on any atom is -0.489 e. The van der Waals surface area contributed by atoms with Crippen molar-refractivity contribution in [2.75, 3.05) is 11.6 Å². The van der Waals surface area contributed by atoms with Crippen LogP contribution in [-0.2, 0) is 11.4 Å². The highest BCUT2D eigenvalue weighted by atomic mass is 32.2. The van der Waals surface area contributed by atoms with E-state index in [4.69, 9.17) is 4.74 Å². The number of nitro groups is 1. The maximum absolute atomic E-state index is 12.3. The summed E-state index contributed by atoms with van der Waals surface area (Å²) in [7, 11) is 0. The van der Waals surface area contributed by atoms with E-state index in [-0.39, 0.29) is 17.9 Å². The molecule has 31 heavy (non-hydrogen) atoms. The summed E-state index contributed by atoms with van der Waals surface area (Å²) in [5.41, 5.74) is 1.39. The maximum Gasteiger partial charge on any atom is 0.269 e. The van der Waals surface area contributed by atoms with Crippen molar-refractivity contribution in [2.45, 2.75) is 11.8 Å². The zero-order valence-corrected chi connectivity index (χ0v) is 17.8. The largest absolute Gasteiger partial charge is 0.489 e. The van der Waals surface area contributed by atoms with E-state index in [0.717, 1.165) is 17.1 Å². The second-order valence-corrected chi connectivity index (χ2v) is 7.52. The number of thioether (sulfide) groups is 1. The number of carbonyl (C=O) groups is 1. The van der Waals surface area contributed by atoms with Gasteiger partial charge in [-0.1, -0.05) is 23.9 Å². The van der Waals surface area contributed by atoms with E-state index in [1.165, 1.54) is 30.0 Å². The first kappa shape index (κ1) is 21.9. The number of nitrogens with zero attached hydrogens (tertiary/aromatic N) is 4. The van der Waals surface area contributed by atoms with Crippen LogP contribution in [0.1, 0.15) is 11.1 Å². The number of nitro benzene ring substituents is 1. The third-order valence-corrected chi connectivity index (χ3v) is 5.21. The van der Waals surface area contributed by atoms with E-state index in [1.54, 1.807) is 36.4 Å². The van der Waals surface area contributed by atoms with E-state index < -0.39 is 10.8 Å². The molecule has 0 spiro atoms. The number of hydrogen-bond donors (Lipinski definition) is 1. The number of rotatable bonds is 8. The summed E-state index contributed by atoms with van der Waals surface area (Å²) in [6, 6.07) is 14.8. The lowest BCUT2D eigenvalue weighted by molar-refractivity contribution is -0.384. The Morgan fingerprint density at radius 2 is 2.00 bits per heavy atom. The fraction of sp³-hybridized carbons (Fsp3) is 0.100. The van der Waals surface area contributed by atoms with Gasteiger partial charge in [0.15, 0.2) is 0 Å². The highest BCUT2D eigenvalue weighted by molar-refractivity contribution is 7.98. The summed E-state index contributed by atoms with van der Waals surface area (Å²) in [6.07, 6.45) is 3.29. The molecule has 0 aliphatic heterocycles. The van der Waals surface area contributed by atoms with E-state index in [2.05, 4.69) is 14.7 Å². The van der Waals surface area contributed by atoms with Crippen LogP contribution in [0.4, 0.5) is 10.8 Å². The average Bonchev–Trinajstić information content (AvgIpc) is 3.24. The van der Waals surface area contributed by atoms with Gasteiger partial charge in [-0.3, -0.25) is 20.2 Å². The molecule has 0 radical (unpaired) electrons. The third kappa shape index (κ3) is 6.11. The summed E-state index contributed by atoms with van der Waals surface area (Å²) in [4.78, 5) is 26.6. The Morgan fingerprint density at radius 1 is 1.29 bits per heavy atom. The first-order valence-corrected chi connectivity index (χ1v) is 10.8. The number of non-ortho nitro benzene ring substituents is 1. The molecule has 156 valence electrons. The number of anilines is 1. The predicted molar refractivity (Wildman–Crippen MR) is 118 cm³/mol. The summed E-state index contributed by atoms with van der Waals surface area (Å²) >= 11 is 2.40. The topological polar surface area (TPSA) is 131 Å². The Labute approximate surface area is 185 Å². The van der Waals surface area contributed by atoms with Crippen LogP contribution in [0, 0.1) is 21.4 Å². The Balaban J connectivity index is 1.61. The predicted octanol–water partition coefficient (Wildman–Crippen LogP) is 4.29. The lowest BCUT2D eigenvalue weighted by Gasteiger charge is -2.06. The van der Waals surface area contributed by atoms with Crippen LogP contribution in [0.5, 0.6) is 5.75 Å². The van der Waals surface area contributed by atoms with Gasteiger partial charge in [-0.15, -0.1) is 0 Å². The van der Waals surface area contributed by atoms with Gasteiger partial charge in [-0.05, 0) is 47.7 Å². The first-order valence-electron chi connectivity index (χ1n) is 8.75. The monoisotopic (exact) mass is 453 g/mol. The smallest absolute Gasteiger partial charge is 0.269 e. The minimum absolute atomic E-state index is 0.0213. The van der Waals surface area contributed by atoms with Crippen LogP contribution < -0.4 is 10.1 Å². The fourth-order valence-corrected chi connectivity index (χ4v) is 3.49. The Kier molecular flexibility index (Phi) is 7.31. The molecule has 9 nitrogen and oxygen atoms in total. The normalized spacial score (nSPS) is 10.9. The third-order valence-electron chi connectivity index (χ3n) is 3.92. The highest BCUT2D eigenvalue weighted by Crippen LogP contribution is 2.20. The molecule has 0 unspecified atom stereocenters.